The number of pyridine rings is 1. The highest BCUT2D eigenvalue weighted by molar-refractivity contribution is 14.1. The standard InChI is InChI=1S/C13H11IN2O2/c1-8-2-3-10(7-11(8)14)16-12-6-9(13(17)18)4-5-15-12/h2-7H,1H3,(H,15,16)(H,17,18). The predicted molar refractivity (Wildman–Crippen MR) is 78.4 cm³/mol. The van der Waals surface area contributed by atoms with Gasteiger partial charge in [-0.25, -0.2) is 9.78 Å². The maximum absolute atomic E-state index is 10.8. The highest BCUT2D eigenvalue weighted by Crippen LogP contribution is 2.20. The summed E-state index contributed by atoms with van der Waals surface area (Å²) in [5.41, 5.74) is 2.31. The van der Waals surface area contributed by atoms with Crippen molar-refractivity contribution >= 4 is 40.1 Å². The largest absolute Gasteiger partial charge is 0.478 e. The molecule has 2 rings (SSSR count). The summed E-state index contributed by atoms with van der Waals surface area (Å²) in [6.45, 7) is 2.04. The Morgan fingerprint density at radius 3 is 2.78 bits per heavy atom. The summed E-state index contributed by atoms with van der Waals surface area (Å²) in [5.74, 6) is -0.437. The van der Waals surface area contributed by atoms with Crippen LogP contribution in [0.1, 0.15) is 15.9 Å². The van der Waals surface area contributed by atoms with Crippen molar-refractivity contribution in [3.8, 4) is 0 Å². The van der Waals surface area contributed by atoms with E-state index < -0.39 is 5.97 Å². The fourth-order valence-electron chi connectivity index (χ4n) is 1.45. The van der Waals surface area contributed by atoms with Crippen LogP contribution in [-0.4, -0.2) is 16.1 Å². The van der Waals surface area contributed by atoms with E-state index in [0.29, 0.717) is 5.82 Å². The van der Waals surface area contributed by atoms with Crippen molar-refractivity contribution < 1.29 is 9.90 Å². The molecule has 0 aliphatic carbocycles. The Morgan fingerprint density at radius 2 is 2.11 bits per heavy atom. The lowest BCUT2D eigenvalue weighted by molar-refractivity contribution is 0.0697. The van der Waals surface area contributed by atoms with Gasteiger partial charge in [0.15, 0.2) is 0 Å². The summed E-state index contributed by atoms with van der Waals surface area (Å²) in [7, 11) is 0. The highest BCUT2D eigenvalue weighted by atomic mass is 127. The fourth-order valence-corrected chi connectivity index (χ4v) is 1.97. The highest BCUT2D eigenvalue weighted by Gasteiger charge is 2.04. The number of hydrogen-bond acceptors (Lipinski definition) is 3. The molecule has 0 saturated carbocycles. The van der Waals surface area contributed by atoms with Crippen LogP contribution in [0.25, 0.3) is 0 Å². The van der Waals surface area contributed by atoms with E-state index in [9.17, 15) is 4.79 Å². The number of carboxylic acid groups (broad SMARTS) is 1. The van der Waals surface area contributed by atoms with Gasteiger partial charge in [-0.3, -0.25) is 0 Å². The topological polar surface area (TPSA) is 62.2 Å². The van der Waals surface area contributed by atoms with Crippen LogP contribution in [0.4, 0.5) is 11.5 Å². The molecular weight excluding hydrogens is 343 g/mol. The Morgan fingerprint density at radius 1 is 1.33 bits per heavy atom. The van der Waals surface area contributed by atoms with Crippen LogP contribution in [0.3, 0.4) is 0 Å². The first-order valence-corrected chi connectivity index (χ1v) is 6.36. The third-order valence-electron chi connectivity index (χ3n) is 2.45. The Labute approximate surface area is 118 Å². The Bertz CT molecular complexity index is 599. The number of halogens is 1. The number of rotatable bonds is 3. The van der Waals surface area contributed by atoms with Gasteiger partial charge >= 0.3 is 5.97 Å². The van der Waals surface area contributed by atoms with E-state index in [1.807, 2.05) is 25.1 Å². The number of benzene rings is 1. The smallest absolute Gasteiger partial charge is 0.335 e. The van der Waals surface area contributed by atoms with E-state index in [2.05, 4.69) is 32.9 Å². The molecule has 0 atom stereocenters. The zero-order valence-electron chi connectivity index (χ0n) is 9.64. The second-order valence-corrected chi connectivity index (χ2v) is 4.99. The first-order valence-electron chi connectivity index (χ1n) is 5.29. The molecule has 0 spiro atoms. The van der Waals surface area contributed by atoms with Crippen LogP contribution < -0.4 is 5.32 Å². The minimum Gasteiger partial charge on any atom is -0.478 e. The molecule has 2 N–H and O–H groups in total. The van der Waals surface area contributed by atoms with Crippen molar-refractivity contribution in [3.63, 3.8) is 0 Å². The number of aryl methyl sites for hydroxylation is 1. The Kier molecular flexibility index (Phi) is 3.81. The molecule has 0 fully saturated rings. The number of anilines is 2. The molecule has 2 aromatic rings. The fraction of sp³-hybridized carbons (Fsp3) is 0.0769. The summed E-state index contributed by atoms with van der Waals surface area (Å²) < 4.78 is 1.15. The summed E-state index contributed by atoms with van der Waals surface area (Å²) in [6, 6.07) is 8.91. The van der Waals surface area contributed by atoms with Crippen LogP contribution in [0.5, 0.6) is 0 Å². The molecule has 4 nitrogen and oxygen atoms in total. The molecular formula is C13H11IN2O2. The van der Waals surface area contributed by atoms with E-state index >= 15 is 0 Å². The number of hydrogen-bond donors (Lipinski definition) is 2. The van der Waals surface area contributed by atoms with Gasteiger partial charge in [0.1, 0.15) is 5.82 Å². The van der Waals surface area contributed by atoms with Gasteiger partial charge in [-0.05, 0) is 59.3 Å². The lowest BCUT2D eigenvalue weighted by Gasteiger charge is -2.07. The van der Waals surface area contributed by atoms with Crippen molar-refractivity contribution in [1.29, 1.82) is 0 Å². The molecule has 0 saturated heterocycles. The van der Waals surface area contributed by atoms with E-state index in [0.717, 1.165) is 9.26 Å². The molecule has 0 aliphatic heterocycles. The molecule has 5 heteroatoms. The Hall–Kier alpha value is -1.63. The van der Waals surface area contributed by atoms with Crippen molar-refractivity contribution in [2.75, 3.05) is 5.32 Å². The molecule has 1 aromatic heterocycles. The van der Waals surface area contributed by atoms with Crippen LogP contribution in [-0.2, 0) is 0 Å². The van der Waals surface area contributed by atoms with Crippen molar-refractivity contribution in [1.82, 2.24) is 4.98 Å². The lowest BCUT2D eigenvalue weighted by atomic mass is 10.2. The van der Waals surface area contributed by atoms with E-state index in [4.69, 9.17) is 5.11 Å². The van der Waals surface area contributed by atoms with Crippen LogP contribution in [0, 0.1) is 10.5 Å². The summed E-state index contributed by atoms with van der Waals surface area (Å²) in [4.78, 5) is 14.9. The molecule has 0 amide bonds. The normalized spacial score (nSPS) is 10.1. The van der Waals surface area contributed by atoms with Gasteiger partial charge < -0.3 is 10.4 Å². The van der Waals surface area contributed by atoms with Gasteiger partial charge in [-0.15, -0.1) is 0 Å². The zero-order valence-corrected chi connectivity index (χ0v) is 11.8. The minimum absolute atomic E-state index is 0.217. The molecule has 0 unspecified atom stereocenters. The maximum atomic E-state index is 10.8. The first kappa shape index (κ1) is 12.8. The van der Waals surface area contributed by atoms with E-state index in [1.54, 1.807) is 0 Å². The zero-order chi connectivity index (χ0) is 13.1. The van der Waals surface area contributed by atoms with Gasteiger partial charge in [0.25, 0.3) is 0 Å². The molecule has 0 radical (unpaired) electrons. The molecule has 1 aromatic carbocycles. The maximum Gasteiger partial charge on any atom is 0.335 e. The second kappa shape index (κ2) is 5.34. The Balaban J connectivity index is 2.25. The van der Waals surface area contributed by atoms with E-state index in [-0.39, 0.29) is 5.56 Å². The monoisotopic (exact) mass is 354 g/mol. The molecule has 0 bridgehead atoms. The molecule has 0 aliphatic rings. The summed E-state index contributed by atoms with van der Waals surface area (Å²) in [6.07, 6.45) is 1.48. The molecule has 1 heterocycles. The quantitative estimate of drug-likeness (QED) is 0.829. The SMILES string of the molecule is Cc1ccc(Nc2cc(C(=O)O)ccn2)cc1I. The lowest BCUT2D eigenvalue weighted by Crippen LogP contribution is -2.00. The molecule has 18 heavy (non-hydrogen) atoms. The average Bonchev–Trinajstić information content (AvgIpc) is 2.34. The predicted octanol–water partition coefficient (Wildman–Crippen LogP) is 3.44. The summed E-state index contributed by atoms with van der Waals surface area (Å²) in [5, 5.41) is 12.0. The second-order valence-electron chi connectivity index (χ2n) is 3.82. The van der Waals surface area contributed by atoms with E-state index in [1.165, 1.54) is 23.9 Å². The van der Waals surface area contributed by atoms with Gasteiger partial charge in [0.2, 0.25) is 0 Å². The number of aromatic nitrogens is 1. The number of carboxylic acids is 1. The average molecular weight is 354 g/mol. The van der Waals surface area contributed by atoms with Gasteiger partial charge in [-0.2, -0.15) is 0 Å². The van der Waals surface area contributed by atoms with Crippen LogP contribution >= 0.6 is 22.6 Å². The number of nitrogens with zero attached hydrogens (tertiary/aromatic N) is 1. The molecule has 92 valence electrons. The van der Waals surface area contributed by atoms with Gasteiger partial charge in [-0.1, -0.05) is 6.07 Å². The van der Waals surface area contributed by atoms with Crippen molar-refractivity contribution in [2.45, 2.75) is 6.92 Å². The third-order valence-corrected chi connectivity index (χ3v) is 3.61. The number of aromatic carboxylic acids is 1. The van der Waals surface area contributed by atoms with Gasteiger partial charge in [0.05, 0.1) is 5.56 Å². The number of nitrogens with one attached hydrogen (secondary N) is 1. The minimum atomic E-state index is -0.959. The number of carbonyl (C=O) groups is 1. The van der Waals surface area contributed by atoms with Crippen LogP contribution in [0.2, 0.25) is 0 Å². The third kappa shape index (κ3) is 2.98. The first-order chi connectivity index (χ1) is 8.56. The van der Waals surface area contributed by atoms with Gasteiger partial charge in [0, 0.05) is 15.5 Å². The van der Waals surface area contributed by atoms with Crippen molar-refractivity contribution in [3.05, 3.63) is 51.2 Å². The van der Waals surface area contributed by atoms with Crippen LogP contribution in [0.15, 0.2) is 36.5 Å². The summed E-state index contributed by atoms with van der Waals surface area (Å²) >= 11 is 2.26. The van der Waals surface area contributed by atoms with Crippen molar-refractivity contribution in [2.24, 2.45) is 0 Å².